The number of unbranched alkanes of at least 4 members (excludes halogenated alkanes) is 1. The fraction of sp³-hybridized carbons (Fsp3) is 0.635. The molecule has 3 heterocycles. The minimum absolute atomic E-state index is 0.0137. The van der Waals surface area contributed by atoms with E-state index in [4.69, 9.17) is 15.5 Å². The lowest BCUT2D eigenvalue weighted by Gasteiger charge is -2.37. The third-order valence-corrected chi connectivity index (χ3v) is 18.8. The minimum atomic E-state index is -1.03. The normalized spacial score (nSPS) is 17.6. The number of carbonyl (C=O) groups excluding carboxylic acids is 8. The summed E-state index contributed by atoms with van der Waals surface area (Å²) >= 11 is 7.12. The molecule has 0 radical (unpaired) electrons. The largest absolute Gasteiger partial charge is 0.455 e. The lowest BCUT2D eigenvalue weighted by atomic mass is 9.83. The average molecular weight is 1200 g/mol. The first-order chi connectivity index (χ1) is 39.4. The number of nitrogens with zero attached hydrogens (tertiary/aromatic N) is 6. The molecule has 0 spiro atoms. The van der Waals surface area contributed by atoms with Crippen molar-refractivity contribution in [2.24, 2.45) is 29.4 Å². The summed E-state index contributed by atoms with van der Waals surface area (Å²) in [5.74, 6) is -3.66. The van der Waals surface area contributed by atoms with Crippen LogP contribution in [0.5, 0.6) is 0 Å². The maximum atomic E-state index is 15.0. The van der Waals surface area contributed by atoms with Gasteiger partial charge in [0.15, 0.2) is 17.7 Å². The van der Waals surface area contributed by atoms with Gasteiger partial charge in [0.1, 0.15) is 16.7 Å². The topological polar surface area (TPSA) is 213 Å². The molecule has 0 bridgehead atoms. The van der Waals surface area contributed by atoms with Crippen molar-refractivity contribution in [2.45, 2.75) is 172 Å². The Bertz CT molecular complexity index is 2590. The number of likely N-dealkylation sites (tertiary alicyclic amines) is 1. The molecule has 2 aliphatic rings. The summed E-state index contributed by atoms with van der Waals surface area (Å²) in [5, 5.41) is 4.99. The molecule has 8 atom stereocenters. The highest BCUT2D eigenvalue weighted by Gasteiger charge is 2.40. The molecule has 17 nitrogen and oxygen atoms in total. The molecule has 2 saturated heterocycles. The number of ether oxygens (including phenoxy) is 1. The zero-order valence-corrected chi connectivity index (χ0v) is 53.4. The molecule has 2 fully saturated rings. The number of esters is 1. The van der Waals surface area contributed by atoms with Crippen LogP contribution in [0.2, 0.25) is 0 Å². The van der Waals surface area contributed by atoms with Crippen LogP contribution in [-0.2, 0) is 44.7 Å². The van der Waals surface area contributed by atoms with Crippen LogP contribution < -0.4 is 11.1 Å². The molecule has 2 aromatic carbocycles. The minimum Gasteiger partial charge on any atom is -0.455 e. The van der Waals surface area contributed by atoms with Gasteiger partial charge >= 0.3 is 5.97 Å². The number of rotatable bonds is 32. The Labute approximate surface area is 507 Å². The first-order valence-electron chi connectivity index (χ1n) is 29.9. The van der Waals surface area contributed by atoms with Crippen LogP contribution in [-0.4, -0.2) is 172 Å². The third-order valence-electron chi connectivity index (χ3n) is 16.5. The van der Waals surface area contributed by atoms with E-state index in [-0.39, 0.29) is 89.0 Å². The molecule has 20 heteroatoms. The third kappa shape index (κ3) is 21.1. The van der Waals surface area contributed by atoms with Gasteiger partial charge in [-0.05, 0) is 81.8 Å². The number of nitrogens with two attached hydrogens (primary N) is 1. The van der Waals surface area contributed by atoms with Gasteiger partial charge in [-0.25, -0.2) is 4.98 Å². The molecular formula is C63H94N8O9S3. The van der Waals surface area contributed by atoms with E-state index >= 15 is 0 Å². The fourth-order valence-corrected chi connectivity index (χ4v) is 13.1. The van der Waals surface area contributed by atoms with E-state index in [1.54, 1.807) is 34.2 Å². The molecule has 0 saturated carbocycles. The van der Waals surface area contributed by atoms with E-state index in [0.717, 1.165) is 47.6 Å². The van der Waals surface area contributed by atoms with Crippen molar-refractivity contribution in [3.8, 4) is 0 Å². The van der Waals surface area contributed by atoms with Crippen LogP contribution in [0.25, 0.3) is 0 Å². The molecule has 5 amide bonds. The van der Waals surface area contributed by atoms with Crippen molar-refractivity contribution in [3.63, 3.8) is 0 Å². The number of thioether (sulfide) groups is 1. The number of benzene rings is 2. The Kier molecular flexibility index (Phi) is 27.7. The number of piperazine rings is 1. The van der Waals surface area contributed by atoms with Gasteiger partial charge in [-0.2, -0.15) is 12.6 Å². The highest BCUT2D eigenvalue weighted by molar-refractivity contribution is 7.99. The first-order valence-corrected chi connectivity index (χ1v) is 32.2. The number of ketones is 2. The lowest BCUT2D eigenvalue weighted by molar-refractivity contribution is -0.149. The van der Waals surface area contributed by atoms with Crippen LogP contribution in [0.15, 0.2) is 70.9 Å². The number of thiol groups is 1. The molecule has 2 aliphatic heterocycles. The number of piperidine rings is 1. The summed E-state index contributed by atoms with van der Waals surface area (Å²) in [4.78, 5) is 128. The van der Waals surface area contributed by atoms with E-state index in [9.17, 15) is 38.4 Å². The standard InChI is InChI=1S/C63H94N8O9S3/c1-11-43(4)48(38-55(74)51-27-19-21-31-67(51)8)60(77)68(9)52(42(2)3)39-56(80-44(5)72)59-66-50(40-83-59)61(78)69(10)53(41-82-47-25-16-13-17-26-47)54(73)37-46(24-18-20-30-64)58(76)65-49(36-45-22-14-12-15-23-45)62(79)71-34-32-70(33-35-71)57(75)28-29-63(6,7)81/h12-17,22-23,25-26,40,42-43,46,48-49,51-53,56,81H,11,18-21,24,27-39,41,64H2,1-10H3,(H,65,76)/t43-,46-,48?,49-,51+,52+,53-,56+/m0/s1. The summed E-state index contributed by atoms with van der Waals surface area (Å²) in [6.45, 7) is 15.8. The number of amides is 5. The van der Waals surface area contributed by atoms with Crippen molar-refractivity contribution < 1.29 is 43.1 Å². The predicted octanol–water partition coefficient (Wildman–Crippen LogP) is 8.55. The summed E-state index contributed by atoms with van der Waals surface area (Å²) in [6.07, 6.45) is 5.30. The highest BCUT2D eigenvalue weighted by atomic mass is 32.2. The van der Waals surface area contributed by atoms with Gasteiger partial charge in [0.25, 0.3) is 5.91 Å². The molecule has 1 aromatic heterocycles. The van der Waals surface area contributed by atoms with Gasteiger partial charge in [-0.3, -0.25) is 43.3 Å². The number of likely N-dealkylation sites (N-methyl/N-ethyl adjacent to an activating group) is 2. The summed E-state index contributed by atoms with van der Waals surface area (Å²) in [7, 11) is 5.27. The zero-order chi connectivity index (χ0) is 61.0. The second kappa shape index (κ2) is 33.5. The molecule has 458 valence electrons. The number of carbonyl (C=O) groups is 8. The number of thiazole rings is 1. The lowest BCUT2D eigenvalue weighted by Crippen LogP contribution is -2.57. The smallest absolute Gasteiger partial charge is 0.303 e. The Morgan fingerprint density at radius 1 is 0.892 bits per heavy atom. The van der Waals surface area contributed by atoms with Crippen LogP contribution in [0.1, 0.15) is 153 Å². The molecule has 0 aliphatic carbocycles. The molecule has 83 heavy (non-hydrogen) atoms. The van der Waals surface area contributed by atoms with Crippen LogP contribution in [0, 0.1) is 23.7 Å². The number of Topliss-reactive ketones (excluding diaryl/α,β-unsaturated/α-hetero) is 2. The average Bonchev–Trinajstić information content (AvgIpc) is 4.18. The van der Waals surface area contributed by atoms with Gasteiger partial charge in [0, 0.05) is 118 Å². The Morgan fingerprint density at radius 3 is 2.14 bits per heavy atom. The van der Waals surface area contributed by atoms with E-state index in [2.05, 4.69) is 22.8 Å². The Balaban J connectivity index is 1.37. The van der Waals surface area contributed by atoms with Gasteiger partial charge < -0.3 is 35.4 Å². The number of nitrogens with one attached hydrogen (secondary N) is 1. The molecule has 3 aromatic rings. The second-order valence-electron chi connectivity index (χ2n) is 23.8. The molecule has 1 unspecified atom stereocenters. The monoisotopic (exact) mass is 1200 g/mol. The summed E-state index contributed by atoms with van der Waals surface area (Å²) in [6, 6.07) is 16.3. The van der Waals surface area contributed by atoms with E-state index in [1.165, 1.54) is 23.6 Å². The van der Waals surface area contributed by atoms with Crippen molar-refractivity contribution >= 4 is 82.8 Å². The Morgan fingerprint density at radius 2 is 1.54 bits per heavy atom. The van der Waals surface area contributed by atoms with Crippen molar-refractivity contribution in [1.82, 2.24) is 34.8 Å². The highest BCUT2D eigenvalue weighted by Crippen LogP contribution is 2.34. The van der Waals surface area contributed by atoms with E-state index < -0.39 is 53.8 Å². The van der Waals surface area contributed by atoms with Gasteiger partial charge in [0.2, 0.25) is 23.6 Å². The van der Waals surface area contributed by atoms with Crippen LogP contribution >= 0.6 is 35.7 Å². The summed E-state index contributed by atoms with van der Waals surface area (Å²) in [5.41, 5.74) is 6.81. The SMILES string of the molecule is CC[C@H](C)C(CC(=O)[C@H]1CCCCN1C)C(=O)N(C)[C@H](C[C@@H](OC(C)=O)c1nc(C(=O)N(C)[C@@H](CSc2ccccc2)C(=O)C[C@H](CCCCN)C(=O)N[C@@H](Cc2ccccc2)C(=O)N2CCN(C(=O)CCC(C)(C)S)CC2)cs1)C(C)C. The van der Waals surface area contributed by atoms with Gasteiger partial charge in [0.05, 0.1) is 12.1 Å². The summed E-state index contributed by atoms with van der Waals surface area (Å²) < 4.78 is 5.66. The molecular weight excluding hydrogens is 1110 g/mol. The Hall–Kier alpha value is -5.15. The van der Waals surface area contributed by atoms with Crippen LogP contribution in [0.4, 0.5) is 0 Å². The quantitative estimate of drug-likeness (QED) is 0.0232. The van der Waals surface area contributed by atoms with Gasteiger partial charge in [-0.1, -0.05) is 109 Å². The molecule has 5 rings (SSSR count). The van der Waals surface area contributed by atoms with Crippen molar-refractivity contribution in [2.75, 3.05) is 66.2 Å². The van der Waals surface area contributed by atoms with E-state index in [0.29, 0.717) is 76.3 Å². The molecule has 3 N–H and O–H groups in total. The predicted molar refractivity (Wildman–Crippen MR) is 332 cm³/mol. The zero-order valence-electron chi connectivity index (χ0n) is 50.9. The maximum Gasteiger partial charge on any atom is 0.303 e. The second-order valence-corrected chi connectivity index (χ2v) is 27.0. The van der Waals surface area contributed by atoms with Crippen molar-refractivity contribution in [3.05, 3.63) is 82.3 Å². The number of hydrogen-bond donors (Lipinski definition) is 3. The first kappa shape index (κ1) is 68.6. The van der Waals surface area contributed by atoms with Crippen LogP contribution in [0.3, 0.4) is 0 Å². The number of aromatic nitrogens is 1. The van der Waals surface area contributed by atoms with Crippen molar-refractivity contribution in [1.29, 1.82) is 0 Å². The number of hydrogen-bond acceptors (Lipinski definition) is 15. The maximum absolute atomic E-state index is 15.0. The van der Waals surface area contributed by atoms with E-state index in [1.807, 2.05) is 109 Å². The van der Waals surface area contributed by atoms with Gasteiger partial charge in [-0.15, -0.1) is 23.1 Å². The fourth-order valence-electron chi connectivity index (χ4n) is 11.1.